The number of ketones is 1. The third kappa shape index (κ3) is 2.24. The van der Waals surface area contributed by atoms with Gasteiger partial charge in [0.15, 0.2) is 5.78 Å². The Hall–Kier alpha value is -1.61. The summed E-state index contributed by atoms with van der Waals surface area (Å²) in [5, 5.41) is 0.859. The Kier molecular flexibility index (Phi) is 3.29. The molecule has 0 unspecified atom stereocenters. The molecule has 0 spiro atoms. The Morgan fingerprint density at radius 3 is 2.76 bits per heavy atom. The Morgan fingerprint density at radius 1 is 1.35 bits per heavy atom. The molecule has 0 radical (unpaired) electrons. The topological polar surface area (TPSA) is 49.9 Å². The SMILES string of the molecule is CCc1cc2cc(C(=O)CCl)ccc2[nH]c1=O. The molecule has 1 aromatic heterocycles. The van der Waals surface area contributed by atoms with E-state index in [1.807, 2.05) is 13.0 Å². The van der Waals surface area contributed by atoms with Gasteiger partial charge in [0.25, 0.3) is 5.56 Å². The molecule has 2 aromatic rings. The number of carbonyl (C=O) groups excluding carboxylic acids is 1. The van der Waals surface area contributed by atoms with E-state index in [4.69, 9.17) is 11.6 Å². The van der Waals surface area contributed by atoms with Crippen LogP contribution >= 0.6 is 11.6 Å². The maximum atomic E-state index is 11.6. The highest BCUT2D eigenvalue weighted by atomic mass is 35.5. The highest BCUT2D eigenvalue weighted by Gasteiger charge is 2.06. The Morgan fingerprint density at radius 2 is 2.12 bits per heavy atom. The van der Waals surface area contributed by atoms with Crippen LogP contribution in [0.2, 0.25) is 0 Å². The van der Waals surface area contributed by atoms with Crippen LogP contribution in [-0.4, -0.2) is 16.6 Å². The van der Waals surface area contributed by atoms with Crippen LogP contribution in [-0.2, 0) is 6.42 Å². The van der Waals surface area contributed by atoms with Gasteiger partial charge in [-0.25, -0.2) is 0 Å². The van der Waals surface area contributed by atoms with Gasteiger partial charge in [0.1, 0.15) is 0 Å². The van der Waals surface area contributed by atoms with E-state index in [1.54, 1.807) is 18.2 Å². The first kappa shape index (κ1) is 11.9. The number of aromatic amines is 1. The number of carbonyl (C=O) groups is 1. The van der Waals surface area contributed by atoms with E-state index in [-0.39, 0.29) is 17.2 Å². The lowest BCUT2D eigenvalue weighted by Crippen LogP contribution is -2.11. The molecule has 0 amide bonds. The van der Waals surface area contributed by atoms with Gasteiger partial charge >= 0.3 is 0 Å². The predicted octanol–water partition coefficient (Wildman–Crippen LogP) is 2.51. The average molecular weight is 250 g/mol. The van der Waals surface area contributed by atoms with Crippen LogP contribution in [0.1, 0.15) is 22.8 Å². The predicted molar refractivity (Wildman–Crippen MR) is 69.0 cm³/mol. The lowest BCUT2D eigenvalue weighted by Gasteiger charge is -2.03. The third-order valence-corrected chi connectivity index (χ3v) is 2.99. The minimum absolute atomic E-state index is 0.0322. The third-order valence-electron chi connectivity index (χ3n) is 2.75. The summed E-state index contributed by atoms with van der Waals surface area (Å²) in [6.07, 6.45) is 0.666. The monoisotopic (exact) mass is 249 g/mol. The van der Waals surface area contributed by atoms with Gasteiger partial charge in [-0.2, -0.15) is 0 Å². The number of pyridine rings is 1. The number of rotatable bonds is 3. The molecule has 0 atom stereocenters. The first-order valence-electron chi connectivity index (χ1n) is 5.41. The number of aromatic nitrogens is 1. The first-order chi connectivity index (χ1) is 8.15. The highest BCUT2D eigenvalue weighted by molar-refractivity contribution is 6.30. The molecule has 0 saturated carbocycles. The molecule has 1 N–H and O–H groups in total. The molecule has 1 heterocycles. The second-order valence-electron chi connectivity index (χ2n) is 3.84. The number of H-pyrrole nitrogens is 1. The van der Waals surface area contributed by atoms with Crippen molar-refractivity contribution in [2.24, 2.45) is 0 Å². The molecular formula is C13H12ClNO2. The fraction of sp³-hybridized carbons (Fsp3) is 0.231. The molecule has 0 bridgehead atoms. The number of hydrogen-bond donors (Lipinski definition) is 1. The van der Waals surface area contributed by atoms with Crippen molar-refractivity contribution in [2.45, 2.75) is 13.3 Å². The Bertz CT molecular complexity index is 631. The molecule has 3 nitrogen and oxygen atoms in total. The van der Waals surface area contributed by atoms with E-state index in [0.717, 1.165) is 10.9 Å². The molecule has 0 fully saturated rings. The molecule has 2 rings (SSSR count). The van der Waals surface area contributed by atoms with Gasteiger partial charge in [-0.15, -0.1) is 11.6 Å². The molecule has 88 valence electrons. The second-order valence-corrected chi connectivity index (χ2v) is 4.10. The minimum atomic E-state index is -0.113. The average Bonchev–Trinajstić information content (AvgIpc) is 2.36. The van der Waals surface area contributed by atoms with Gasteiger partial charge in [0, 0.05) is 16.6 Å². The lowest BCUT2D eigenvalue weighted by molar-refractivity contribution is 0.102. The number of Topliss-reactive ketones (excluding diaryl/α,β-unsaturated/α-hetero) is 1. The maximum absolute atomic E-state index is 11.6. The normalized spacial score (nSPS) is 10.7. The summed E-state index contributed by atoms with van der Waals surface area (Å²) in [4.78, 5) is 25.9. The van der Waals surface area contributed by atoms with Gasteiger partial charge in [0.05, 0.1) is 5.88 Å². The summed E-state index contributed by atoms with van der Waals surface area (Å²) in [6.45, 7) is 1.92. The second kappa shape index (κ2) is 4.72. The van der Waals surface area contributed by atoms with Gasteiger partial charge in [0.2, 0.25) is 0 Å². The summed E-state index contributed by atoms with van der Waals surface area (Å²) >= 11 is 5.51. The van der Waals surface area contributed by atoms with Crippen molar-refractivity contribution >= 4 is 28.3 Å². The smallest absolute Gasteiger partial charge is 0.251 e. The minimum Gasteiger partial charge on any atom is -0.322 e. The van der Waals surface area contributed by atoms with E-state index in [1.165, 1.54) is 0 Å². The van der Waals surface area contributed by atoms with Crippen LogP contribution in [0.4, 0.5) is 0 Å². The van der Waals surface area contributed by atoms with Gasteiger partial charge < -0.3 is 4.98 Å². The van der Waals surface area contributed by atoms with Crippen molar-refractivity contribution in [3.05, 3.63) is 45.7 Å². The van der Waals surface area contributed by atoms with Crippen LogP contribution in [0.3, 0.4) is 0 Å². The van der Waals surface area contributed by atoms with Crippen molar-refractivity contribution in [1.29, 1.82) is 0 Å². The number of alkyl halides is 1. The Labute approximate surface area is 103 Å². The largest absolute Gasteiger partial charge is 0.322 e. The molecule has 1 aromatic carbocycles. The number of halogens is 1. The van der Waals surface area contributed by atoms with Crippen LogP contribution in [0.5, 0.6) is 0 Å². The number of nitrogens with one attached hydrogen (secondary N) is 1. The highest BCUT2D eigenvalue weighted by Crippen LogP contribution is 2.14. The fourth-order valence-electron chi connectivity index (χ4n) is 1.77. The molecule has 17 heavy (non-hydrogen) atoms. The number of fused-ring (bicyclic) bond motifs is 1. The Balaban J connectivity index is 2.64. The molecule has 0 aliphatic carbocycles. The first-order valence-corrected chi connectivity index (χ1v) is 5.94. The van der Waals surface area contributed by atoms with Gasteiger partial charge in [-0.1, -0.05) is 6.92 Å². The lowest BCUT2D eigenvalue weighted by atomic mass is 10.1. The quantitative estimate of drug-likeness (QED) is 0.671. The fourth-order valence-corrected chi connectivity index (χ4v) is 1.92. The van der Waals surface area contributed by atoms with Crippen molar-refractivity contribution in [2.75, 3.05) is 5.88 Å². The zero-order valence-electron chi connectivity index (χ0n) is 9.42. The zero-order valence-corrected chi connectivity index (χ0v) is 10.2. The summed E-state index contributed by atoms with van der Waals surface area (Å²) in [5.74, 6) is -0.145. The van der Waals surface area contributed by atoms with E-state index in [2.05, 4.69) is 4.98 Å². The molecular weight excluding hydrogens is 238 g/mol. The summed E-state index contributed by atoms with van der Waals surface area (Å²) in [5.41, 5.74) is 1.95. The van der Waals surface area contributed by atoms with Crippen LogP contribution in [0, 0.1) is 0 Å². The standard InChI is InChI=1S/C13H12ClNO2/c1-2-8-5-10-6-9(12(16)7-14)3-4-11(10)15-13(8)17/h3-6H,2,7H2,1H3,(H,15,17). The summed E-state index contributed by atoms with van der Waals surface area (Å²) < 4.78 is 0. The van der Waals surface area contributed by atoms with Gasteiger partial charge in [-0.05, 0) is 36.1 Å². The zero-order chi connectivity index (χ0) is 12.4. The molecule has 0 saturated heterocycles. The number of hydrogen-bond acceptors (Lipinski definition) is 2. The van der Waals surface area contributed by atoms with E-state index in [9.17, 15) is 9.59 Å². The number of aryl methyl sites for hydroxylation is 1. The molecule has 4 heteroatoms. The van der Waals surface area contributed by atoms with Gasteiger partial charge in [-0.3, -0.25) is 9.59 Å². The van der Waals surface area contributed by atoms with Crippen LogP contribution < -0.4 is 5.56 Å². The van der Waals surface area contributed by atoms with Crippen LogP contribution in [0.25, 0.3) is 10.9 Å². The van der Waals surface area contributed by atoms with Crippen LogP contribution in [0.15, 0.2) is 29.1 Å². The van der Waals surface area contributed by atoms with E-state index in [0.29, 0.717) is 17.5 Å². The summed E-state index contributed by atoms with van der Waals surface area (Å²) in [6, 6.07) is 6.99. The van der Waals surface area contributed by atoms with Crippen molar-refractivity contribution in [3.63, 3.8) is 0 Å². The summed E-state index contributed by atoms with van der Waals surface area (Å²) in [7, 11) is 0. The van der Waals surface area contributed by atoms with Crippen molar-refractivity contribution < 1.29 is 4.79 Å². The van der Waals surface area contributed by atoms with Crippen molar-refractivity contribution in [3.8, 4) is 0 Å². The molecule has 0 aliphatic rings. The maximum Gasteiger partial charge on any atom is 0.251 e. The number of benzene rings is 1. The molecule has 0 aliphatic heterocycles. The van der Waals surface area contributed by atoms with E-state index >= 15 is 0 Å². The van der Waals surface area contributed by atoms with Crippen molar-refractivity contribution in [1.82, 2.24) is 4.98 Å². The van der Waals surface area contributed by atoms with E-state index < -0.39 is 0 Å².